The van der Waals surface area contributed by atoms with Crippen LogP contribution in [0.3, 0.4) is 0 Å². The van der Waals surface area contributed by atoms with E-state index < -0.39 is 0 Å². The second kappa shape index (κ2) is 5.77. The van der Waals surface area contributed by atoms with Crippen LogP contribution in [0, 0.1) is 0 Å². The number of aliphatic hydroxyl groups excluding tert-OH is 1. The number of carbonyl (C=O) groups is 1. The summed E-state index contributed by atoms with van der Waals surface area (Å²) in [6.07, 6.45) is 4.37. The van der Waals surface area contributed by atoms with Gasteiger partial charge in [0.25, 0.3) is 0 Å². The Hall–Kier alpha value is -1.69. The zero-order valence-electron chi connectivity index (χ0n) is 10.5. The van der Waals surface area contributed by atoms with Crippen molar-refractivity contribution in [3.63, 3.8) is 0 Å². The number of likely N-dealkylation sites (tertiary alicyclic amines) is 1. The molecule has 0 aliphatic carbocycles. The van der Waals surface area contributed by atoms with Crippen molar-refractivity contribution in [1.29, 1.82) is 0 Å². The fourth-order valence-corrected chi connectivity index (χ4v) is 1.98. The van der Waals surface area contributed by atoms with Crippen molar-refractivity contribution in [3.8, 4) is 0 Å². The maximum absolute atomic E-state index is 12.0. The number of aromatic nitrogens is 2. The molecule has 2 rings (SSSR count). The second-order valence-electron chi connectivity index (χ2n) is 4.52. The quantitative estimate of drug-likeness (QED) is 0.811. The van der Waals surface area contributed by atoms with Gasteiger partial charge in [0, 0.05) is 32.5 Å². The fraction of sp³-hybridized carbons (Fsp3) is 0.583. The number of hydrogen-bond donors (Lipinski definition) is 1. The van der Waals surface area contributed by atoms with Gasteiger partial charge in [-0.2, -0.15) is 0 Å². The SMILES string of the molecule is CN(CC(=O)N1CCC(O)CC1)c1ncccn1. The first-order valence-electron chi connectivity index (χ1n) is 6.11. The molecule has 2 heterocycles. The van der Waals surface area contributed by atoms with Crippen LogP contribution < -0.4 is 4.90 Å². The van der Waals surface area contributed by atoms with Crippen molar-refractivity contribution in [2.24, 2.45) is 0 Å². The van der Waals surface area contributed by atoms with Crippen LogP contribution in [0.15, 0.2) is 18.5 Å². The van der Waals surface area contributed by atoms with Gasteiger partial charge in [0.2, 0.25) is 11.9 Å². The number of nitrogens with zero attached hydrogens (tertiary/aromatic N) is 4. The van der Waals surface area contributed by atoms with E-state index in [2.05, 4.69) is 9.97 Å². The third-order valence-electron chi connectivity index (χ3n) is 3.08. The van der Waals surface area contributed by atoms with Crippen LogP contribution in [-0.2, 0) is 4.79 Å². The zero-order chi connectivity index (χ0) is 13.0. The van der Waals surface area contributed by atoms with E-state index >= 15 is 0 Å². The summed E-state index contributed by atoms with van der Waals surface area (Å²) in [6, 6.07) is 1.74. The van der Waals surface area contributed by atoms with E-state index in [1.165, 1.54) is 0 Å². The highest BCUT2D eigenvalue weighted by atomic mass is 16.3. The van der Waals surface area contributed by atoms with Crippen LogP contribution in [0.4, 0.5) is 5.95 Å². The number of rotatable bonds is 3. The molecule has 0 unspecified atom stereocenters. The molecule has 1 amide bonds. The molecular weight excluding hydrogens is 232 g/mol. The van der Waals surface area contributed by atoms with Crippen molar-refractivity contribution in [3.05, 3.63) is 18.5 Å². The van der Waals surface area contributed by atoms with Crippen molar-refractivity contribution in [2.75, 3.05) is 31.6 Å². The molecule has 0 spiro atoms. The van der Waals surface area contributed by atoms with Crippen LogP contribution >= 0.6 is 0 Å². The largest absolute Gasteiger partial charge is 0.393 e. The van der Waals surface area contributed by atoms with E-state index in [1.807, 2.05) is 0 Å². The lowest BCUT2D eigenvalue weighted by Crippen LogP contribution is -2.44. The van der Waals surface area contributed by atoms with E-state index in [0.29, 0.717) is 31.9 Å². The normalized spacial score (nSPS) is 16.7. The van der Waals surface area contributed by atoms with Crippen molar-refractivity contribution in [2.45, 2.75) is 18.9 Å². The molecule has 0 bridgehead atoms. The fourth-order valence-electron chi connectivity index (χ4n) is 1.98. The number of aliphatic hydroxyl groups is 1. The van der Waals surface area contributed by atoms with Gasteiger partial charge in [-0.25, -0.2) is 9.97 Å². The molecule has 1 aliphatic rings. The lowest BCUT2D eigenvalue weighted by Gasteiger charge is -2.31. The molecule has 1 aromatic rings. The van der Waals surface area contributed by atoms with Gasteiger partial charge in [-0.05, 0) is 18.9 Å². The van der Waals surface area contributed by atoms with Crippen molar-refractivity contribution in [1.82, 2.24) is 14.9 Å². The number of hydrogen-bond acceptors (Lipinski definition) is 5. The van der Waals surface area contributed by atoms with Crippen LogP contribution in [-0.4, -0.2) is 58.7 Å². The van der Waals surface area contributed by atoms with Crippen molar-refractivity contribution < 1.29 is 9.90 Å². The number of carbonyl (C=O) groups excluding carboxylic acids is 1. The number of likely N-dealkylation sites (N-methyl/N-ethyl adjacent to an activating group) is 1. The Morgan fingerprint density at radius 2 is 2.06 bits per heavy atom. The van der Waals surface area contributed by atoms with Crippen LogP contribution in [0.1, 0.15) is 12.8 Å². The smallest absolute Gasteiger partial charge is 0.242 e. The molecule has 1 saturated heterocycles. The Morgan fingerprint density at radius 3 is 2.67 bits per heavy atom. The van der Waals surface area contributed by atoms with E-state index in [-0.39, 0.29) is 18.6 Å². The highest BCUT2D eigenvalue weighted by Gasteiger charge is 2.22. The predicted octanol–water partition coefficient (Wildman–Crippen LogP) is -0.104. The topological polar surface area (TPSA) is 69.6 Å². The van der Waals surface area contributed by atoms with E-state index in [9.17, 15) is 9.90 Å². The minimum absolute atomic E-state index is 0.0526. The summed E-state index contributed by atoms with van der Waals surface area (Å²) in [6.45, 7) is 1.52. The Kier molecular flexibility index (Phi) is 4.09. The molecule has 0 atom stereocenters. The van der Waals surface area contributed by atoms with E-state index in [0.717, 1.165) is 0 Å². The monoisotopic (exact) mass is 250 g/mol. The highest BCUT2D eigenvalue weighted by molar-refractivity contribution is 5.80. The summed E-state index contributed by atoms with van der Waals surface area (Å²) in [5.74, 6) is 0.597. The molecule has 1 aromatic heterocycles. The lowest BCUT2D eigenvalue weighted by molar-refractivity contribution is -0.131. The van der Waals surface area contributed by atoms with Gasteiger partial charge in [0.05, 0.1) is 12.6 Å². The average Bonchev–Trinajstić information content (AvgIpc) is 2.40. The zero-order valence-corrected chi connectivity index (χ0v) is 10.5. The maximum atomic E-state index is 12.0. The first-order chi connectivity index (χ1) is 8.66. The predicted molar refractivity (Wildman–Crippen MR) is 67.1 cm³/mol. The summed E-state index contributed by atoms with van der Waals surface area (Å²) < 4.78 is 0. The molecule has 6 nitrogen and oxygen atoms in total. The second-order valence-corrected chi connectivity index (χ2v) is 4.52. The standard InChI is InChI=1S/C12H18N4O2/c1-15(12-13-5-2-6-14-12)9-11(18)16-7-3-10(17)4-8-16/h2,5-6,10,17H,3-4,7-9H2,1H3. The number of piperidine rings is 1. The molecule has 0 saturated carbocycles. The third-order valence-corrected chi connectivity index (χ3v) is 3.08. The molecule has 0 radical (unpaired) electrons. The molecule has 0 aromatic carbocycles. The Labute approximate surface area is 106 Å². The minimum atomic E-state index is -0.260. The summed E-state index contributed by atoms with van der Waals surface area (Å²) >= 11 is 0. The molecule has 18 heavy (non-hydrogen) atoms. The van der Waals surface area contributed by atoms with Gasteiger partial charge >= 0.3 is 0 Å². The summed E-state index contributed by atoms with van der Waals surface area (Å²) in [5.41, 5.74) is 0. The van der Waals surface area contributed by atoms with Gasteiger partial charge < -0.3 is 14.9 Å². The Morgan fingerprint density at radius 1 is 1.44 bits per heavy atom. The molecule has 1 fully saturated rings. The van der Waals surface area contributed by atoms with Crippen LogP contribution in [0.5, 0.6) is 0 Å². The first-order valence-corrected chi connectivity index (χ1v) is 6.11. The summed E-state index contributed by atoms with van der Waals surface area (Å²) in [7, 11) is 1.80. The molecule has 1 N–H and O–H groups in total. The van der Waals surface area contributed by atoms with E-state index in [1.54, 1.807) is 35.3 Å². The molecule has 1 aliphatic heterocycles. The van der Waals surface area contributed by atoms with Gasteiger partial charge in [-0.1, -0.05) is 0 Å². The number of anilines is 1. The highest BCUT2D eigenvalue weighted by Crippen LogP contribution is 2.11. The van der Waals surface area contributed by atoms with Crippen molar-refractivity contribution >= 4 is 11.9 Å². The minimum Gasteiger partial charge on any atom is -0.393 e. The maximum Gasteiger partial charge on any atom is 0.242 e. The van der Waals surface area contributed by atoms with Gasteiger partial charge in [-0.15, -0.1) is 0 Å². The van der Waals surface area contributed by atoms with Crippen LogP contribution in [0.2, 0.25) is 0 Å². The Balaban J connectivity index is 1.87. The summed E-state index contributed by atoms with van der Waals surface area (Å²) in [4.78, 5) is 23.7. The van der Waals surface area contributed by atoms with Gasteiger partial charge in [0.1, 0.15) is 0 Å². The van der Waals surface area contributed by atoms with Crippen LogP contribution in [0.25, 0.3) is 0 Å². The Bertz CT molecular complexity index is 390. The first kappa shape index (κ1) is 12.8. The number of amides is 1. The van der Waals surface area contributed by atoms with Gasteiger partial charge in [-0.3, -0.25) is 4.79 Å². The van der Waals surface area contributed by atoms with E-state index in [4.69, 9.17) is 0 Å². The molecule has 6 heteroatoms. The average molecular weight is 250 g/mol. The summed E-state index contributed by atoms with van der Waals surface area (Å²) in [5, 5.41) is 9.40. The third kappa shape index (κ3) is 3.16. The lowest BCUT2D eigenvalue weighted by atomic mass is 10.1. The molecular formula is C12H18N4O2. The van der Waals surface area contributed by atoms with Gasteiger partial charge in [0.15, 0.2) is 0 Å². The molecule has 98 valence electrons.